The van der Waals surface area contributed by atoms with Gasteiger partial charge in [0.05, 0.1) is 11.1 Å². The average Bonchev–Trinajstić information content (AvgIpc) is 3.11. The van der Waals surface area contributed by atoms with Crippen molar-refractivity contribution in [2.75, 3.05) is 0 Å². The molecule has 4 aromatic rings. The first-order chi connectivity index (χ1) is 11.1. The number of hydrogen-bond donors (Lipinski definition) is 1. The summed E-state index contributed by atoms with van der Waals surface area (Å²) in [5.41, 5.74) is 0.974. The smallest absolute Gasteiger partial charge is 0.334 e. The Bertz CT molecular complexity index is 1160. The maximum absolute atomic E-state index is 12.8. The molecular formula is C17H15N3O2S. The number of rotatable bonds is 2. The summed E-state index contributed by atoms with van der Waals surface area (Å²) in [5, 5.41) is 1.57. The van der Waals surface area contributed by atoms with Crippen molar-refractivity contribution in [1.82, 2.24) is 14.1 Å². The minimum Gasteiger partial charge on any atom is -0.351 e. The van der Waals surface area contributed by atoms with Crippen LogP contribution in [0.1, 0.15) is 11.8 Å². The molecule has 23 heavy (non-hydrogen) atoms. The van der Waals surface area contributed by atoms with E-state index in [1.54, 1.807) is 6.07 Å². The molecule has 0 fully saturated rings. The van der Waals surface area contributed by atoms with Crippen LogP contribution in [0.3, 0.4) is 0 Å². The molecular weight excluding hydrogens is 310 g/mol. The van der Waals surface area contributed by atoms with E-state index in [0.29, 0.717) is 15.9 Å². The lowest BCUT2D eigenvalue weighted by Gasteiger charge is -2.05. The zero-order valence-electron chi connectivity index (χ0n) is 12.8. The standard InChI is InChI=1S/C17H15N3O2S/c1-3-12-9-13-15(23-12)18-17(22)20(16(13)21)11-4-5-14-10(8-11)6-7-19(14)2/h4-9H,3H2,1-2H3,(H,18,22). The highest BCUT2D eigenvalue weighted by molar-refractivity contribution is 7.18. The van der Waals surface area contributed by atoms with E-state index in [-0.39, 0.29) is 5.56 Å². The molecule has 0 aliphatic heterocycles. The fraction of sp³-hybridized carbons (Fsp3) is 0.176. The first-order valence-electron chi connectivity index (χ1n) is 7.41. The van der Waals surface area contributed by atoms with E-state index in [9.17, 15) is 9.59 Å². The van der Waals surface area contributed by atoms with Gasteiger partial charge in [-0.25, -0.2) is 9.36 Å². The van der Waals surface area contributed by atoms with Crippen LogP contribution in [0, 0.1) is 0 Å². The van der Waals surface area contributed by atoms with Crippen molar-refractivity contribution < 1.29 is 0 Å². The van der Waals surface area contributed by atoms with Crippen molar-refractivity contribution in [2.45, 2.75) is 13.3 Å². The lowest BCUT2D eigenvalue weighted by Crippen LogP contribution is -2.33. The highest BCUT2D eigenvalue weighted by Crippen LogP contribution is 2.22. The predicted molar refractivity (Wildman–Crippen MR) is 93.9 cm³/mol. The quantitative estimate of drug-likeness (QED) is 0.616. The molecule has 0 saturated heterocycles. The fourth-order valence-electron chi connectivity index (χ4n) is 2.88. The number of aromatic amines is 1. The van der Waals surface area contributed by atoms with Crippen LogP contribution in [0.2, 0.25) is 0 Å². The molecule has 0 spiro atoms. The Morgan fingerprint density at radius 2 is 2.00 bits per heavy atom. The van der Waals surface area contributed by atoms with Crippen LogP contribution in [0.25, 0.3) is 26.8 Å². The highest BCUT2D eigenvalue weighted by Gasteiger charge is 2.13. The van der Waals surface area contributed by atoms with E-state index in [1.807, 2.05) is 49.0 Å². The third-order valence-corrected chi connectivity index (χ3v) is 5.31. The maximum atomic E-state index is 12.8. The number of benzene rings is 1. The summed E-state index contributed by atoms with van der Waals surface area (Å²) in [6.07, 6.45) is 2.80. The Labute approximate surface area is 135 Å². The van der Waals surface area contributed by atoms with Crippen LogP contribution < -0.4 is 11.2 Å². The zero-order chi connectivity index (χ0) is 16.1. The molecule has 1 aromatic carbocycles. The second-order valence-corrected chi connectivity index (χ2v) is 6.69. The molecule has 0 radical (unpaired) electrons. The van der Waals surface area contributed by atoms with Crippen LogP contribution in [-0.4, -0.2) is 14.1 Å². The van der Waals surface area contributed by atoms with Gasteiger partial charge in [0.2, 0.25) is 0 Å². The van der Waals surface area contributed by atoms with Gasteiger partial charge < -0.3 is 4.57 Å². The summed E-state index contributed by atoms with van der Waals surface area (Å²) in [4.78, 5) is 29.7. The van der Waals surface area contributed by atoms with Gasteiger partial charge in [-0.15, -0.1) is 11.3 Å². The van der Waals surface area contributed by atoms with Crippen LogP contribution >= 0.6 is 11.3 Å². The van der Waals surface area contributed by atoms with Crippen molar-refractivity contribution in [3.8, 4) is 5.69 Å². The molecule has 1 N–H and O–H groups in total. The number of aryl methyl sites for hydroxylation is 2. The van der Waals surface area contributed by atoms with Gasteiger partial charge in [0, 0.05) is 29.0 Å². The van der Waals surface area contributed by atoms with Crippen molar-refractivity contribution in [2.24, 2.45) is 7.05 Å². The SMILES string of the molecule is CCc1cc2c(=O)n(-c3ccc4c(ccn4C)c3)c(=O)[nH]c2s1. The van der Waals surface area contributed by atoms with Crippen LogP contribution in [-0.2, 0) is 13.5 Å². The van der Waals surface area contributed by atoms with Gasteiger partial charge in [-0.1, -0.05) is 6.92 Å². The number of nitrogens with one attached hydrogen (secondary N) is 1. The molecule has 0 bridgehead atoms. The Morgan fingerprint density at radius 3 is 2.78 bits per heavy atom. The van der Waals surface area contributed by atoms with Crippen molar-refractivity contribution in [3.63, 3.8) is 0 Å². The number of fused-ring (bicyclic) bond motifs is 2. The van der Waals surface area contributed by atoms with Gasteiger partial charge in [-0.3, -0.25) is 9.78 Å². The summed E-state index contributed by atoms with van der Waals surface area (Å²) >= 11 is 1.46. The van der Waals surface area contributed by atoms with Gasteiger partial charge in [-0.2, -0.15) is 0 Å². The number of H-pyrrole nitrogens is 1. The molecule has 3 aromatic heterocycles. The largest absolute Gasteiger partial charge is 0.351 e. The van der Waals surface area contributed by atoms with E-state index in [0.717, 1.165) is 22.2 Å². The molecule has 0 amide bonds. The summed E-state index contributed by atoms with van der Waals surface area (Å²) in [7, 11) is 1.96. The fourth-order valence-corrected chi connectivity index (χ4v) is 3.85. The lowest BCUT2D eigenvalue weighted by molar-refractivity contribution is 0.905. The summed E-state index contributed by atoms with van der Waals surface area (Å²) < 4.78 is 3.21. The lowest BCUT2D eigenvalue weighted by atomic mass is 10.2. The van der Waals surface area contributed by atoms with Crippen LogP contribution in [0.5, 0.6) is 0 Å². The summed E-state index contributed by atoms with van der Waals surface area (Å²) in [6.45, 7) is 2.03. The number of thiophene rings is 1. The second-order valence-electron chi connectivity index (χ2n) is 5.55. The molecule has 4 rings (SSSR count). The van der Waals surface area contributed by atoms with Gasteiger partial charge in [-0.05, 0) is 36.8 Å². The molecule has 3 heterocycles. The monoisotopic (exact) mass is 325 g/mol. The van der Waals surface area contributed by atoms with Crippen molar-refractivity contribution in [3.05, 3.63) is 62.2 Å². The summed E-state index contributed by atoms with van der Waals surface area (Å²) in [6, 6.07) is 9.43. The minimum absolute atomic E-state index is 0.269. The van der Waals surface area contributed by atoms with Gasteiger partial charge in [0.15, 0.2) is 0 Å². The summed E-state index contributed by atoms with van der Waals surface area (Å²) in [5.74, 6) is 0. The molecule has 5 nitrogen and oxygen atoms in total. The van der Waals surface area contributed by atoms with E-state index >= 15 is 0 Å². The third kappa shape index (κ3) is 2.06. The zero-order valence-corrected chi connectivity index (χ0v) is 13.6. The third-order valence-electron chi connectivity index (χ3n) is 4.12. The molecule has 0 aliphatic rings. The first-order valence-corrected chi connectivity index (χ1v) is 8.23. The van der Waals surface area contributed by atoms with E-state index in [1.165, 1.54) is 15.9 Å². The number of nitrogens with zero attached hydrogens (tertiary/aromatic N) is 2. The highest BCUT2D eigenvalue weighted by atomic mass is 32.1. The molecule has 0 atom stereocenters. The van der Waals surface area contributed by atoms with E-state index in [2.05, 4.69) is 4.98 Å². The molecule has 0 saturated carbocycles. The Hall–Kier alpha value is -2.60. The van der Waals surface area contributed by atoms with Crippen molar-refractivity contribution in [1.29, 1.82) is 0 Å². The van der Waals surface area contributed by atoms with Gasteiger partial charge >= 0.3 is 5.69 Å². The molecule has 6 heteroatoms. The maximum Gasteiger partial charge on any atom is 0.334 e. The van der Waals surface area contributed by atoms with Crippen LogP contribution in [0.15, 0.2) is 46.1 Å². The average molecular weight is 325 g/mol. The Morgan fingerprint density at radius 1 is 1.17 bits per heavy atom. The van der Waals surface area contributed by atoms with Gasteiger partial charge in [0.25, 0.3) is 5.56 Å². The number of aromatic nitrogens is 3. The Kier molecular flexibility index (Phi) is 3.02. The normalized spacial score (nSPS) is 11.6. The second kappa shape index (κ2) is 4.96. The topological polar surface area (TPSA) is 59.8 Å². The first kappa shape index (κ1) is 14.0. The van der Waals surface area contributed by atoms with E-state index in [4.69, 9.17) is 0 Å². The predicted octanol–water partition coefficient (Wildman–Crippen LogP) is 2.79. The molecule has 116 valence electrons. The molecule has 0 unspecified atom stereocenters. The van der Waals surface area contributed by atoms with Crippen LogP contribution in [0.4, 0.5) is 0 Å². The minimum atomic E-state index is -0.401. The van der Waals surface area contributed by atoms with Gasteiger partial charge in [0.1, 0.15) is 4.83 Å². The van der Waals surface area contributed by atoms with E-state index < -0.39 is 5.69 Å². The molecule has 0 aliphatic carbocycles. The Balaban J connectivity index is 2.03. The number of hydrogen-bond acceptors (Lipinski definition) is 3. The van der Waals surface area contributed by atoms with Crippen molar-refractivity contribution >= 4 is 32.5 Å².